The van der Waals surface area contributed by atoms with Gasteiger partial charge in [-0.2, -0.15) is 4.31 Å². The summed E-state index contributed by atoms with van der Waals surface area (Å²) in [7, 11) is -3.11. The number of hydrogen-bond donors (Lipinski definition) is 0. The summed E-state index contributed by atoms with van der Waals surface area (Å²) < 4.78 is 29.9. The van der Waals surface area contributed by atoms with Gasteiger partial charge in [-0.3, -0.25) is 4.98 Å². The molecule has 1 fully saturated rings. The highest BCUT2D eigenvalue weighted by atomic mass is 32.2. The van der Waals surface area contributed by atoms with E-state index in [1.807, 2.05) is 12.1 Å². The highest BCUT2D eigenvalue weighted by Gasteiger charge is 2.26. The van der Waals surface area contributed by atoms with Crippen LogP contribution in [0.2, 0.25) is 0 Å². The molecule has 2 rings (SSSR count). The molecule has 1 unspecified atom stereocenters. The largest absolute Gasteiger partial charge is 0.375 e. The van der Waals surface area contributed by atoms with Crippen LogP contribution in [-0.4, -0.2) is 49.8 Å². The lowest BCUT2D eigenvalue weighted by molar-refractivity contribution is -0.000324. The van der Waals surface area contributed by atoms with Gasteiger partial charge in [0.05, 0.1) is 19.0 Å². The summed E-state index contributed by atoms with van der Waals surface area (Å²) in [5.41, 5.74) is 1.06. The molecule has 0 N–H and O–H groups in total. The zero-order valence-corrected chi connectivity index (χ0v) is 10.6. The Morgan fingerprint density at radius 2 is 2.41 bits per heavy atom. The van der Waals surface area contributed by atoms with Gasteiger partial charge in [-0.15, -0.1) is 0 Å². The van der Waals surface area contributed by atoms with Crippen molar-refractivity contribution in [2.75, 3.05) is 26.0 Å². The molecule has 0 amide bonds. The quantitative estimate of drug-likeness (QED) is 0.779. The summed E-state index contributed by atoms with van der Waals surface area (Å²) >= 11 is 0. The SMILES string of the molecule is CS(=O)(=O)N1CCOC(Cc2cccnc2)C1. The molecule has 1 aromatic rings. The minimum atomic E-state index is -3.11. The Balaban J connectivity index is 1.99. The van der Waals surface area contributed by atoms with Gasteiger partial charge < -0.3 is 4.74 Å². The molecule has 1 aliphatic heterocycles. The van der Waals surface area contributed by atoms with E-state index in [9.17, 15) is 8.42 Å². The lowest BCUT2D eigenvalue weighted by Crippen LogP contribution is -2.45. The van der Waals surface area contributed by atoms with Crippen LogP contribution in [0.15, 0.2) is 24.5 Å². The van der Waals surface area contributed by atoms with E-state index in [0.29, 0.717) is 26.1 Å². The van der Waals surface area contributed by atoms with Gasteiger partial charge in [0.15, 0.2) is 0 Å². The average Bonchev–Trinajstić information content (AvgIpc) is 2.29. The number of morpholine rings is 1. The van der Waals surface area contributed by atoms with Crippen LogP contribution in [0, 0.1) is 0 Å². The van der Waals surface area contributed by atoms with Crippen molar-refractivity contribution in [1.29, 1.82) is 0 Å². The maximum absolute atomic E-state index is 11.4. The summed E-state index contributed by atoms with van der Waals surface area (Å²) in [5, 5.41) is 0. The van der Waals surface area contributed by atoms with E-state index in [0.717, 1.165) is 5.56 Å². The number of nitrogens with zero attached hydrogens (tertiary/aromatic N) is 2. The number of rotatable bonds is 3. The first-order valence-corrected chi connectivity index (χ1v) is 7.36. The van der Waals surface area contributed by atoms with Crippen molar-refractivity contribution in [2.45, 2.75) is 12.5 Å². The standard InChI is InChI=1S/C11H16N2O3S/c1-17(14,15)13-5-6-16-11(9-13)7-10-3-2-4-12-8-10/h2-4,8,11H,5-7,9H2,1H3. The minimum absolute atomic E-state index is 0.0809. The zero-order chi connectivity index (χ0) is 12.3. The fraction of sp³-hybridized carbons (Fsp3) is 0.545. The highest BCUT2D eigenvalue weighted by Crippen LogP contribution is 2.13. The number of ether oxygens (including phenoxy) is 1. The first-order valence-electron chi connectivity index (χ1n) is 5.51. The van der Waals surface area contributed by atoms with Crippen molar-refractivity contribution in [3.8, 4) is 0 Å². The van der Waals surface area contributed by atoms with Crippen LogP contribution in [-0.2, 0) is 21.2 Å². The third kappa shape index (κ3) is 3.49. The average molecular weight is 256 g/mol. The molecule has 0 aromatic carbocycles. The Hall–Kier alpha value is -0.980. The van der Waals surface area contributed by atoms with Crippen molar-refractivity contribution in [3.63, 3.8) is 0 Å². The minimum Gasteiger partial charge on any atom is -0.375 e. The fourth-order valence-corrected chi connectivity index (χ4v) is 2.74. The molecule has 1 aromatic heterocycles. The van der Waals surface area contributed by atoms with E-state index >= 15 is 0 Å². The third-order valence-electron chi connectivity index (χ3n) is 2.76. The molecule has 0 saturated carbocycles. The lowest BCUT2D eigenvalue weighted by atomic mass is 10.1. The second kappa shape index (κ2) is 5.12. The van der Waals surface area contributed by atoms with Gasteiger partial charge in [0.1, 0.15) is 0 Å². The topological polar surface area (TPSA) is 59.5 Å². The molecule has 0 bridgehead atoms. The number of pyridine rings is 1. The van der Waals surface area contributed by atoms with E-state index in [4.69, 9.17) is 4.74 Å². The summed E-state index contributed by atoms with van der Waals surface area (Å²) in [6, 6.07) is 3.84. The van der Waals surface area contributed by atoms with Crippen molar-refractivity contribution >= 4 is 10.0 Å². The van der Waals surface area contributed by atoms with Gasteiger partial charge in [-0.05, 0) is 11.6 Å². The van der Waals surface area contributed by atoms with Crippen molar-refractivity contribution < 1.29 is 13.2 Å². The van der Waals surface area contributed by atoms with Gasteiger partial charge in [0.25, 0.3) is 0 Å². The predicted octanol–water partition coefficient (Wildman–Crippen LogP) is 0.284. The van der Waals surface area contributed by atoms with Crippen LogP contribution in [0.1, 0.15) is 5.56 Å². The van der Waals surface area contributed by atoms with Gasteiger partial charge in [0.2, 0.25) is 10.0 Å². The number of sulfonamides is 1. The Labute approximate surface area is 101 Å². The van der Waals surface area contributed by atoms with Crippen LogP contribution in [0.4, 0.5) is 0 Å². The van der Waals surface area contributed by atoms with E-state index in [1.54, 1.807) is 12.4 Å². The van der Waals surface area contributed by atoms with Gasteiger partial charge in [0, 0.05) is 31.9 Å². The Morgan fingerprint density at radius 1 is 1.59 bits per heavy atom. The van der Waals surface area contributed by atoms with Crippen molar-refractivity contribution in [3.05, 3.63) is 30.1 Å². The van der Waals surface area contributed by atoms with Crippen LogP contribution >= 0.6 is 0 Å². The third-order valence-corrected chi connectivity index (χ3v) is 4.03. The monoisotopic (exact) mass is 256 g/mol. The Morgan fingerprint density at radius 3 is 3.06 bits per heavy atom. The normalized spacial score (nSPS) is 22.5. The molecule has 0 radical (unpaired) electrons. The molecule has 1 atom stereocenters. The summed E-state index contributed by atoms with van der Waals surface area (Å²) in [5.74, 6) is 0. The Kier molecular flexibility index (Phi) is 3.76. The van der Waals surface area contributed by atoms with E-state index in [-0.39, 0.29) is 6.10 Å². The molecule has 17 heavy (non-hydrogen) atoms. The van der Waals surface area contributed by atoms with Gasteiger partial charge >= 0.3 is 0 Å². The first kappa shape index (κ1) is 12.5. The second-order valence-corrected chi connectivity index (χ2v) is 6.16. The molecule has 0 aliphatic carbocycles. The molecular formula is C11H16N2O3S. The maximum Gasteiger partial charge on any atom is 0.211 e. The lowest BCUT2D eigenvalue weighted by Gasteiger charge is -2.31. The van der Waals surface area contributed by atoms with Gasteiger partial charge in [-0.25, -0.2) is 8.42 Å². The molecule has 5 nitrogen and oxygen atoms in total. The molecule has 2 heterocycles. The summed E-state index contributed by atoms with van der Waals surface area (Å²) in [6.07, 6.45) is 5.35. The zero-order valence-electron chi connectivity index (χ0n) is 9.74. The number of hydrogen-bond acceptors (Lipinski definition) is 4. The fourth-order valence-electron chi connectivity index (χ4n) is 1.90. The van der Waals surface area contributed by atoms with Crippen LogP contribution < -0.4 is 0 Å². The van der Waals surface area contributed by atoms with E-state index < -0.39 is 10.0 Å². The van der Waals surface area contributed by atoms with E-state index in [2.05, 4.69) is 4.98 Å². The van der Waals surface area contributed by atoms with Gasteiger partial charge in [-0.1, -0.05) is 6.07 Å². The molecule has 0 spiro atoms. The van der Waals surface area contributed by atoms with Crippen molar-refractivity contribution in [1.82, 2.24) is 9.29 Å². The molecule has 94 valence electrons. The first-order chi connectivity index (χ1) is 8.05. The predicted molar refractivity (Wildman–Crippen MR) is 64.1 cm³/mol. The summed E-state index contributed by atoms with van der Waals surface area (Å²) in [4.78, 5) is 4.03. The smallest absolute Gasteiger partial charge is 0.211 e. The Bertz CT molecular complexity index is 461. The maximum atomic E-state index is 11.4. The number of aromatic nitrogens is 1. The molecule has 1 aliphatic rings. The summed E-state index contributed by atoms with van der Waals surface area (Å²) in [6.45, 7) is 1.33. The van der Waals surface area contributed by atoms with Crippen LogP contribution in [0.5, 0.6) is 0 Å². The molecular weight excluding hydrogens is 240 g/mol. The van der Waals surface area contributed by atoms with E-state index in [1.165, 1.54) is 10.6 Å². The van der Waals surface area contributed by atoms with Crippen LogP contribution in [0.25, 0.3) is 0 Å². The molecule has 6 heteroatoms. The highest BCUT2D eigenvalue weighted by molar-refractivity contribution is 7.88. The molecule has 1 saturated heterocycles. The second-order valence-electron chi connectivity index (χ2n) is 4.18. The van der Waals surface area contributed by atoms with Crippen molar-refractivity contribution in [2.24, 2.45) is 0 Å². The van der Waals surface area contributed by atoms with Crippen LogP contribution in [0.3, 0.4) is 0 Å².